The fourth-order valence-corrected chi connectivity index (χ4v) is 2.53. The van der Waals surface area contributed by atoms with E-state index in [9.17, 15) is 4.79 Å². The molecule has 150 valence electrons. The molecule has 0 atom stereocenters. The van der Waals surface area contributed by atoms with Crippen LogP contribution >= 0.6 is 0 Å². The lowest BCUT2D eigenvalue weighted by Gasteiger charge is -2.32. The van der Waals surface area contributed by atoms with Gasteiger partial charge in [0, 0.05) is 24.8 Å². The molecule has 7 nitrogen and oxygen atoms in total. The lowest BCUT2D eigenvalue weighted by Crippen LogP contribution is -2.41. The maximum atomic E-state index is 12.1. The minimum atomic E-state index is -0.560. The molecule has 0 radical (unpaired) electrons. The number of nitrogens with one attached hydrogen (secondary N) is 1. The van der Waals surface area contributed by atoms with Crippen LogP contribution in [-0.4, -0.2) is 46.3 Å². The van der Waals surface area contributed by atoms with E-state index < -0.39 is 30.0 Å². The van der Waals surface area contributed by atoms with E-state index in [0.29, 0.717) is 0 Å². The monoisotopic (exact) mass is 377 g/mol. The highest BCUT2D eigenvalue weighted by Gasteiger charge is 2.52. The predicted molar refractivity (Wildman–Crippen MR) is 106 cm³/mol. The van der Waals surface area contributed by atoms with Gasteiger partial charge in [-0.25, -0.2) is 4.79 Å². The number of aryl methyl sites for hydroxylation is 1. The van der Waals surface area contributed by atoms with Crippen LogP contribution in [0.25, 0.3) is 6.08 Å². The van der Waals surface area contributed by atoms with Crippen molar-refractivity contribution in [2.75, 3.05) is 6.54 Å². The second kappa shape index (κ2) is 7.68. The van der Waals surface area contributed by atoms with E-state index in [1.54, 1.807) is 6.20 Å². The van der Waals surface area contributed by atoms with E-state index in [2.05, 4.69) is 10.4 Å². The Labute approximate surface area is 162 Å². The lowest BCUT2D eigenvalue weighted by molar-refractivity contribution is 0.00578. The molecular formula is C19H32BN3O4. The third-order valence-electron chi connectivity index (χ3n) is 4.72. The first-order chi connectivity index (χ1) is 12.3. The van der Waals surface area contributed by atoms with Crippen molar-refractivity contribution in [3.63, 3.8) is 0 Å². The van der Waals surface area contributed by atoms with E-state index in [1.807, 2.05) is 72.3 Å². The quantitative estimate of drug-likeness (QED) is 0.796. The summed E-state index contributed by atoms with van der Waals surface area (Å²) >= 11 is 0. The molecule has 8 heteroatoms. The molecular weight excluding hydrogens is 345 g/mol. The Morgan fingerprint density at radius 3 is 2.37 bits per heavy atom. The maximum Gasteiger partial charge on any atom is 0.492 e. The molecule has 0 saturated carbocycles. The number of ether oxygens (including phenoxy) is 1. The molecule has 0 aromatic carbocycles. The van der Waals surface area contributed by atoms with Gasteiger partial charge in [-0.3, -0.25) is 4.68 Å². The summed E-state index contributed by atoms with van der Waals surface area (Å²) in [6.45, 7) is 16.6. The van der Waals surface area contributed by atoms with Crippen LogP contribution in [0, 0.1) is 0 Å². The minimum absolute atomic E-state index is 0.253. The highest BCUT2D eigenvalue weighted by Crippen LogP contribution is 2.38. The van der Waals surface area contributed by atoms with E-state index >= 15 is 0 Å². The van der Waals surface area contributed by atoms with Gasteiger partial charge < -0.3 is 19.4 Å². The standard InChI is InChI=1S/C19H32BN3O4/c1-9-23-13-14(11-22-23)10-15(12-21-16(24)25-17(2,3)4)20-26-18(5,6)19(7,8)27-20/h10-11,13H,9,12H2,1-8H3,(H,21,24). The van der Waals surface area contributed by atoms with Gasteiger partial charge >= 0.3 is 13.2 Å². The highest BCUT2D eigenvalue weighted by molar-refractivity contribution is 6.56. The summed E-state index contributed by atoms with van der Waals surface area (Å²) in [5.74, 6) is 0. The second-order valence-corrected chi connectivity index (χ2v) is 8.79. The van der Waals surface area contributed by atoms with E-state index in [1.165, 1.54) is 0 Å². The molecule has 1 aliphatic rings. The van der Waals surface area contributed by atoms with Gasteiger partial charge in [-0.1, -0.05) is 6.08 Å². The van der Waals surface area contributed by atoms with E-state index in [4.69, 9.17) is 14.0 Å². The summed E-state index contributed by atoms with van der Waals surface area (Å²) in [5.41, 5.74) is 0.246. The first-order valence-corrected chi connectivity index (χ1v) is 9.38. The Morgan fingerprint density at radius 2 is 1.89 bits per heavy atom. The molecule has 2 heterocycles. The molecule has 1 fully saturated rings. The molecule has 1 aromatic rings. The molecule has 0 aliphatic carbocycles. The first kappa shape index (κ1) is 21.5. The number of hydrogen-bond donors (Lipinski definition) is 1. The van der Waals surface area contributed by atoms with E-state index in [0.717, 1.165) is 17.6 Å². The van der Waals surface area contributed by atoms with Crippen LogP contribution in [0.2, 0.25) is 0 Å². The third-order valence-corrected chi connectivity index (χ3v) is 4.72. The average Bonchev–Trinajstić information content (AvgIpc) is 3.03. The topological polar surface area (TPSA) is 74.6 Å². The fourth-order valence-electron chi connectivity index (χ4n) is 2.53. The highest BCUT2D eigenvalue weighted by atomic mass is 16.7. The molecule has 1 aliphatic heterocycles. The van der Waals surface area contributed by atoms with Crippen LogP contribution < -0.4 is 5.32 Å². The maximum absolute atomic E-state index is 12.1. The average molecular weight is 377 g/mol. The number of carbonyl (C=O) groups is 1. The van der Waals surface area contributed by atoms with Gasteiger partial charge in [-0.05, 0) is 60.9 Å². The number of amides is 1. The molecule has 1 saturated heterocycles. The summed E-state index contributed by atoms with van der Waals surface area (Å²) in [4.78, 5) is 12.1. The SMILES string of the molecule is CCn1cc(C=C(CNC(=O)OC(C)(C)C)B2OC(C)(C)C(C)(C)O2)cn1. The zero-order valence-electron chi connectivity index (χ0n) is 17.8. The van der Waals surface area contributed by atoms with Crippen LogP contribution in [0.5, 0.6) is 0 Å². The molecule has 0 bridgehead atoms. The molecule has 0 unspecified atom stereocenters. The third kappa shape index (κ3) is 5.59. The Balaban J connectivity index is 2.20. The van der Waals surface area contributed by atoms with Crippen molar-refractivity contribution in [2.24, 2.45) is 0 Å². The molecule has 1 N–H and O–H groups in total. The summed E-state index contributed by atoms with van der Waals surface area (Å²) in [6, 6.07) is 0. The largest absolute Gasteiger partial charge is 0.492 e. The van der Waals surface area contributed by atoms with Crippen molar-refractivity contribution in [3.05, 3.63) is 23.4 Å². The summed E-state index contributed by atoms with van der Waals surface area (Å²) in [7, 11) is -0.560. The van der Waals surface area contributed by atoms with Gasteiger partial charge in [0.2, 0.25) is 0 Å². The molecule has 0 spiro atoms. The van der Waals surface area contributed by atoms with Gasteiger partial charge in [0.25, 0.3) is 0 Å². The van der Waals surface area contributed by atoms with Crippen LogP contribution in [0.4, 0.5) is 4.79 Å². The van der Waals surface area contributed by atoms with Crippen LogP contribution in [-0.2, 0) is 20.6 Å². The lowest BCUT2D eigenvalue weighted by atomic mass is 9.77. The van der Waals surface area contributed by atoms with Crippen molar-refractivity contribution >= 4 is 19.3 Å². The van der Waals surface area contributed by atoms with Crippen molar-refractivity contribution in [1.29, 1.82) is 0 Å². The van der Waals surface area contributed by atoms with Gasteiger partial charge in [0.1, 0.15) is 5.60 Å². The van der Waals surface area contributed by atoms with Crippen molar-refractivity contribution in [2.45, 2.75) is 78.7 Å². The van der Waals surface area contributed by atoms with Gasteiger partial charge in [0.05, 0.1) is 17.4 Å². The van der Waals surface area contributed by atoms with Crippen molar-refractivity contribution in [3.8, 4) is 0 Å². The Morgan fingerprint density at radius 1 is 1.30 bits per heavy atom. The molecule has 1 aromatic heterocycles. The smallest absolute Gasteiger partial charge is 0.444 e. The van der Waals surface area contributed by atoms with Gasteiger partial charge in [0.15, 0.2) is 0 Å². The Hall–Kier alpha value is -1.80. The zero-order valence-corrected chi connectivity index (χ0v) is 17.8. The molecule has 2 rings (SSSR count). The number of nitrogens with zero attached hydrogens (tertiary/aromatic N) is 2. The Kier molecular flexibility index (Phi) is 6.11. The number of carbonyl (C=O) groups excluding carboxylic acids is 1. The minimum Gasteiger partial charge on any atom is -0.444 e. The second-order valence-electron chi connectivity index (χ2n) is 8.79. The fraction of sp³-hybridized carbons (Fsp3) is 0.684. The number of aromatic nitrogens is 2. The number of alkyl carbamates (subject to hydrolysis) is 1. The summed E-state index contributed by atoms with van der Waals surface area (Å²) < 4.78 is 19.5. The number of hydrogen-bond acceptors (Lipinski definition) is 5. The Bertz CT molecular complexity index is 688. The van der Waals surface area contributed by atoms with Crippen LogP contribution in [0.3, 0.4) is 0 Å². The van der Waals surface area contributed by atoms with Crippen LogP contribution in [0.15, 0.2) is 17.9 Å². The normalized spacial score (nSPS) is 19.3. The molecule has 1 amide bonds. The zero-order chi connectivity index (χ0) is 20.5. The first-order valence-electron chi connectivity index (χ1n) is 9.38. The molecule has 27 heavy (non-hydrogen) atoms. The predicted octanol–water partition coefficient (Wildman–Crippen LogP) is 3.44. The summed E-state index contributed by atoms with van der Waals surface area (Å²) in [5, 5.41) is 7.09. The van der Waals surface area contributed by atoms with Gasteiger partial charge in [-0.15, -0.1) is 0 Å². The number of rotatable bonds is 5. The van der Waals surface area contributed by atoms with Crippen LogP contribution in [0.1, 0.15) is 61.0 Å². The van der Waals surface area contributed by atoms with Gasteiger partial charge in [-0.2, -0.15) is 5.10 Å². The summed E-state index contributed by atoms with van der Waals surface area (Å²) in [6.07, 6.45) is 5.19. The van der Waals surface area contributed by atoms with E-state index in [-0.39, 0.29) is 6.54 Å². The van der Waals surface area contributed by atoms with Crippen molar-refractivity contribution < 1.29 is 18.8 Å². The van der Waals surface area contributed by atoms with Crippen molar-refractivity contribution in [1.82, 2.24) is 15.1 Å².